The van der Waals surface area contributed by atoms with Crippen molar-refractivity contribution < 1.29 is 9.90 Å². The summed E-state index contributed by atoms with van der Waals surface area (Å²) in [7, 11) is 0. The van der Waals surface area contributed by atoms with Crippen molar-refractivity contribution in [2.45, 2.75) is 51.7 Å². The lowest BCUT2D eigenvalue weighted by molar-refractivity contribution is 0.0349. The molecule has 2 amide bonds. The van der Waals surface area contributed by atoms with Gasteiger partial charge in [0.2, 0.25) is 0 Å². The molecule has 0 aromatic carbocycles. The Hall–Kier alpha value is -1.82. The van der Waals surface area contributed by atoms with Crippen molar-refractivity contribution in [3.63, 3.8) is 0 Å². The maximum Gasteiger partial charge on any atom is 0.315 e. The quantitative estimate of drug-likeness (QED) is 0.718. The second kappa shape index (κ2) is 8.15. The summed E-state index contributed by atoms with van der Waals surface area (Å²) in [6, 6.07) is 3.68. The highest BCUT2D eigenvalue weighted by molar-refractivity contribution is 5.73. The minimum Gasteiger partial charge on any atom is -0.388 e. The lowest BCUT2D eigenvalue weighted by Gasteiger charge is -2.25. The van der Waals surface area contributed by atoms with E-state index in [4.69, 9.17) is 0 Å². The molecule has 1 aromatic heterocycles. The summed E-state index contributed by atoms with van der Waals surface area (Å²) in [5.74, 6) is 0.980. The van der Waals surface area contributed by atoms with E-state index in [0.717, 1.165) is 24.5 Å². The summed E-state index contributed by atoms with van der Waals surface area (Å²) in [5, 5.41) is 15.7. The Kier molecular flexibility index (Phi) is 6.21. The fourth-order valence-corrected chi connectivity index (χ4v) is 2.68. The summed E-state index contributed by atoms with van der Waals surface area (Å²) in [4.78, 5) is 18.6. The Balaban J connectivity index is 1.81. The van der Waals surface area contributed by atoms with Crippen molar-refractivity contribution in [2.75, 3.05) is 24.5 Å². The molecule has 0 aliphatic carbocycles. The van der Waals surface area contributed by atoms with Crippen molar-refractivity contribution in [3.8, 4) is 0 Å². The van der Waals surface area contributed by atoms with Gasteiger partial charge in [0, 0.05) is 32.4 Å². The van der Waals surface area contributed by atoms with E-state index in [1.165, 1.54) is 12.8 Å². The molecule has 0 unspecified atom stereocenters. The Labute approximate surface area is 138 Å². The lowest BCUT2D eigenvalue weighted by Crippen LogP contribution is -2.45. The number of aliphatic hydroxyl groups is 1. The van der Waals surface area contributed by atoms with Crippen molar-refractivity contribution >= 4 is 11.8 Å². The summed E-state index contributed by atoms with van der Waals surface area (Å²) in [5.41, 5.74) is 0.204. The maximum atomic E-state index is 11.9. The first-order chi connectivity index (χ1) is 11.1. The SMILES string of the molecule is CCC(O)(CC)CNC(=O)NCc1ccnc(N2CCCC2)c1. The van der Waals surface area contributed by atoms with Gasteiger partial charge in [0.05, 0.1) is 5.60 Å². The van der Waals surface area contributed by atoms with Gasteiger partial charge in [-0.15, -0.1) is 0 Å². The van der Waals surface area contributed by atoms with Crippen LogP contribution in [-0.2, 0) is 6.54 Å². The van der Waals surface area contributed by atoms with Gasteiger partial charge < -0.3 is 20.6 Å². The molecule has 0 radical (unpaired) electrons. The monoisotopic (exact) mass is 320 g/mol. The van der Waals surface area contributed by atoms with Gasteiger partial charge in [0.1, 0.15) is 5.82 Å². The van der Waals surface area contributed by atoms with Crippen LogP contribution in [0.15, 0.2) is 18.3 Å². The van der Waals surface area contributed by atoms with Crippen molar-refractivity contribution in [2.24, 2.45) is 0 Å². The van der Waals surface area contributed by atoms with E-state index < -0.39 is 5.60 Å². The number of pyridine rings is 1. The van der Waals surface area contributed by atoms with E-state index in [1.54, 1.807) is 6.20 Å². The van der Waals surface area contributed by atoms with Gasteiger partial charge in [-0.3, -0.25) is 0 Å². The zero-order valence-electron chi connectivity index (χ0n) is 14.1. The van der Waals surface area contributed by atoms with Gasteiger partial charge in [0.15, 0.2) is 0 Å². The zero-order valence-corrected chi connectivity index (χ0v) is 14.1. The van der Waals surface area contributed by atoms with Gasteiger partial charge >= 0.3 is 6.03 Å². The molecule has 6 nitrogen and oxygen atoms in total. The topological polar surface area (TPSA) is 77.5 Å². The summed E-state index contributed by atoms with van der Waals surface area (Å²) in [6.07, 6.45) is 5.45. The summed E-state index contributed by atoms with van der Waals surface area (Å²) < 4.78 is 0. The number of carbonyl (C=O) groups excluding carboxylic acids is 1. The van der Waals surface area contributed by atoms with Crippen LogP contribution in [0, 0.1) is 0 Å². The van der Waals surface area contributed by atoms with Crippen molar-refractivity contribution in [1.82, 2.24) is 15.6 Å². The van der Waals surface area contributed by atoms with Gasteiger partial charge in [-0.05, 0) is 43.4 Å². The summed E-state index contributed by atoms with van der Waals surface area (Å²) >= 11 is 0. The Morgan fingerprint density at radius 1 is 1.30 bits per heavy atom. The van der Waals surface area contributed by atoms with E-state index >= 15 is 0 Å². The van der Waals surface area contributed by atoms with Crippen molar-refractivity contribution in [1.29, 1.82) is 0 Å². The number of carbonyl (C=O) groups is 1. The van der Waals surface area contributed by atoms with E-state index in [2.05, 4.69) is 20.5 Å². The fraction of sp³-hybridized carbons (Fsp3) is 0.647. The highest BCUT2D eigenvalue weighted by Crippen LogP contribution is 2.18. The Morgan fingerprint density at radius 3 is 2.65 bits per heavy atom. The number of amides is 2. The second-order valence-corrected chi connectivity index (χ2v) is 6.18. The Morgan fingerprint density at radius 2 is 2.00 bits per heavy atom. The zero-order chi connectivity index (χ0) is 16.7. The predicted octanol–water partition coefficient (Wildman–Crippen LogP) is 2.03. The molecule has 1 fully saturated rings. The molecule has 0 bridgehead atoms. The average Bonchev–Trinajstić information content (AvgIpc) is 3.13. The fourth-order valence-electron chi connectivity index (χ4n) is 2.68. The number of urea groups is 1. The van der Waals surface area contributed by atoms with Crippen LogP contribution in [0.3, 0.4) is 0 Å². The Bertz CT molecular complexity index is 511. The van der Waals surface area contributed by atoms with E-state index in [9.17, 15) is 9.90 Å². The highest BCUT2D eigenvalue weighted by atomic mass is 16.3. The third-order valence-electron chi connectivity index (χ3n) is 4.59. The third kappa shape index (κ3) is 5.10. The number of hydrogen-bond donors (Lipinski definition) is 3. The van der Waals surface area contributed by atoms with Crippen molar-refractivity contribution in [3.05, 3.63) is 23.9 Å². The average molecular weight is 320 g/mol. The first-order valence-electron chi connectivity index (χ1n) is 8.50. The number of anilines is 1. The van der Waals surface area contributed by atoms with Gasteiger partial charge in [-0.2, -0.15) is 0 Å². The molecule has 0 atom stereocenters. The van der Waals surface area contributed by atoms with Crippen LogP contribution in [0.5, 0.6) is 0 Å². The minimum absolute atomic E-state index is 0.259. The minimum atomic E-state index is -0.822. The first-order valence-corrected chi connectivity index (χ1v) is 8.50. The second-order valence-electron chi connectivity index (χ2n) is 6.18. The molecule has 2 heterocycles. The van der Waals surface area contributed by atoms with Crippen LogP contribution in [0.4, 0.5) is 10.6 Å². The molecule has 6 heteroatoms. The molecule has 0 saturated carbocycles. The number of hydrogen-bond acceptors (Lipinski definition) is 4. The van der Waals surface area contributed by atoms with Crippen LogP contribution in [0.2, 0.25) is 0 Å². The van der Waals surface area contributed by atoms with Crippen LogP contribution in [0.25, 0.3) is 0 Å². The van der Waals surface area contributed by atoms with Crippen LogP contribution in [-0.4, -0.2) is 41.4 Å². The number of rotatable bonds is 7. The summed E-state index contributed by atoms with van der Waals surface area (Å²) in [6.45, 7) is 6.65. The predicted molar refractivity (Wildman–Crippen MR) is 91.5 cm³/mol. The van der Waals surface area contributed by atoms with E-state index in [0.29, 0.717) is 19.4 Å². The molecule has 1 aliphatic rings. The van der Waals surface area contributed by atoms with E-state index in [1.807, 2.05) is 26.0 Å². The molecule has 1 aromatic rings. The first kappa shape index (κ1) is 17.5. The number of nitrogens with zero attached hydrogens (tertiary/aromatic N) is 2. The van der Waals surface area contributed by atoms with Crippen LogP contribution >= 0.6 is 0 Å². The number of nitrogens with one attached hydrogen (secondary N) is 2. The lowest BCUT2D eigenvalue weighted by atomic mass is 9.98. The van der Waals surface area contributed by atoms with Gasteiger partial charge in [-0.25, -0.2) is 9.78 Å². The molecule has 23 heavy (non-hydrogen) atoms. The van der Waals surface area contributed by atoms with E-state index in [-0.39, 0.29) is 12.6 Å². The molecule has 2 rings (SSSR count). The van der Waals surface area contributed by atoms with Crippen LogP contribution in [0.1, 0.15) is 45.1 Å². The molecule has 1 saturated heterocycles. The largest absolute Gasteiger partial charge is 0.388 e. The molecule has 0 spiro atoms. The van der Waals surface area contributed by atoms with Gasteiger partial charge in [-0.1, -0.05) is 13.8 Å². The smallest absolute Gasteiger partial charge is 0.315 e. The number of aromatic nitrogens is 1. The molecule has 128 valence electrons. The standard InChI is InChI=1S/C17H28N4O2/c1-3-17(23,4-2)13-20-16(22)19-12-14-7-8-18-15(11-14)21-9-5-6-10-21/h7-8,11,23H,3-6,9-10,12-13H2,1-2H3,(H2,19,20,22). The maximum absolute atomic E-state index is 11.9. The molecular formula is C17H28N4O2. The highest BCUT2D eigenvalue weighted by Gasteiger charge is 2.22. The van der Waals surface area contributed by atoms with Gasteiger partial charge in [0.25, 0.3) is 0 Å². The third-order valence-corrected chi connectivity index (χ3v) is 4.59. The normalized spacial score (nSPS) is 14.8. The molecule has 1 aliphatic heterocycles. The molecule has 3 N–H and O–H groups in total. The molecular weight excluding hydrogens is 292 g/mol. The van der Waals surface area contributed by atoms with Crippen LogP contribution < -0.4 is 15.5 Å².